The first-order valence-corrected chi connectivity index (χ1v) is 8.36. The predicted molar refractivity (Wildman–Crippen MR) is 78.0 cm³/mol. The van der Waals surface area contributed by atoms with E-state index < -0.39 is 15.8 Å². The quantitative estimate of drug-likeness (QED) is 0.786. The summed E-state index contributed by atoms with van der Waals surface area (Å²) in [5.74, 6) is -0.714. The predicted octanol–water partition coefficient (Wildman–Crippen LogP) is 1.34. The van der Waals surface area contributed by atoms with Crippen molar-refractivity contribution in [2.75, 3.05) is 27.3 Å². The molecule has 1 aliphatic rings. The molecule has 0 amide bonds. The minimum absolute atomic E-state index is 0.184. The first-order valence-electron chi connectivity index (χ1n) is 6.92. The van der Waals surface area contributed by atoms with Gasteiger partial charge < -0.3 is 10.1 Å². The van der Waals surface area contributed by atoms with E-state index in [0.717, 1.165) is 22.7 Å². The smallest absolute Gasteiger partial charge is 0.245 e. The largest absolute Gasteiger partial charge is 0.383 e. The van der Waals surface area contributed by atoms with Gasteiger partial charge >= 0.3 is 0 Å². The highest BCUT2D eigenvalue weighted by molar-refractivity contribution is 7.89. The number of likely N-dealkylation sites (N-methyl/N-ethyl adjacent to an activating group) is 1. The Bertz CT molecular complexity index is 588. The van der Waals surface area contributed by atoms with Crippen LogP contribution in [0.2, 0.25) is 0 Å². The monoisotopic (exact) mass is 316 g/mol. The molecule has 0 heterocycles. The summed E-state index contributed by atoms with van der Waals surface area (Å²) in [6, 6.07) is 4.79. The van der Waals surface area contributed by atoms with Crippen molar-refractivity contribution in [3.8, 4) is 0 Å². The number of sulfonamides is 1. The first-order chi connectivity index (χ1) is 9.95. The van der Waals surface area contributed by atoms with E-state index in [9.17, 15) is 12.8 Å². The lowest BCUT2D eigenvalue weighted by atomic mass is 10.2. The van der Waals surface area contributed by atoms with E-state index in [2.05, 4.69) is 5.32 Å². The van der Waals surface area contributed by atoms with E-state index in [1.807, 2.05) is 0 Å². The maximum Gasteiger partial charge on any atom is 0.245 e. The number of benzene rings is 1. The second-order valence-electron chi connectivity index (χ2n) is 5.24. The maximum atomic E-state index is 14.1. The Morgan fingerprint density at radius 3 is 2.71 bits per heavy atom. The first kappa shape index (κ1) is 16.4. The molecule has 0 radical (unpaired) electrons. The molecular weight excluding hydrogens is 295 g/mol. The Kier molecular flexibility index (Phi) is 5.32. The van der Waals surface area contributed by atoms with Gasteiger partial charge in [-0.2, -0.15) is 4.31 Å². The van der Waals surface area contributed by atoms with Gasteiger partial charge in [-0.25, -0.2) is 12.8 Å². The summed E-state index contributed by atoms with van der Waals surface area (Å²) in [5.41, 5.74) is 0.748. The van der Waals surface area contributed by atoms with Crippen LogP contribution in [0, 0.1) is 5.82 Å². The average Bonchev–Trinajstić information content (AvgIpc) is 3.26. The fourth-order valence-corrected chi connectivity index (χ4v) is 3.12. The van der Waals surface area contributed by atoms with Crippen molar-refractivity contribution < 1.29 is 17.5 Å². The Morgan fingerprint density at radius 2 is 2.14 bits per heavy atom. The van der Waals surface area contributed by atoms with Gasteiger partial charge in [0, 0.05) is 33.3 Å². The van der Waals surface area contributed by atoms with Gasteiger partial charge in [0.05, 0.1) is 6.61 Å². The van der Waals surface area contributed by atoms with Crippen LogP contribution in [0.5, 0.6) is 0 Å². The van der Waals surface area contributed by atoms with Crippen LogP contribution in [-0.2, 0) is 21.3 Å². The topological polar surface area (TPSA) is 58.6 Å². The minimum atomic E-state index is -3.82. The van der Waals surface area contributed by atoms with E-state index in [1.54, 1.807) is 6.07 Å². The van der Waals surface area contributed by atoms with Crippen molar-refractivity contribution >= 4 is 10.0 Å². The molecule has 0 bridgehead atoms. The highest BCUT2D eigenvalue weighted by Gasteiger charge is 2.25. The number of hydrogen-bond acceptors (Lipinski definition) is 4. The van der Waals surface area contributed by atoms with Crippen LogP contribution in [0.4, 0.5) is 4.39 Å². The summed E-state index contributed by atoms with van der Waals surface area (Å²) in [6.45, 7) is 1.01. The van der Waals surface area contributed by atoms with E-state index in [0.29, 0.717) is 12.6 Å². The zero-order chi connectivity index (χ0) is 15.5. The van der Waals surface area contributed by atoms with Crippen molar-refractivity contribution in [3.05, 3.63) is 29.6 Å². The lowest BCUT2D eigenvalue weighted by Gasteiger charge is -2.17. The molecule has 5 nitrogen and oxygen atoms in total. The fraction of sp³-hybridized carbons (Fsp3) is 0.571. The number of ether oxygens (including phenoxy) is 1. The summed E-state index contributed by atoms with van der Waals surface area (Å²) in [6.07, 6.45) is 2.30. The number of methoxy groups -OCH3 is 1. The molecule has 1 aromatic carbocycles. The standard InChI is InChI=1S/C14H21FN2O3S/c1-17(7-8-20-2)21(18,19)14-6-3-11(9-13(14)15)10-16-12-4-5-12/h3,6,9,12,16H,4-5,7-8,10H2,1-2H3. The van der Waals surface area contributed by atoms with Crippen LogP contribution in [0.25, 0.3) is 0 Å². The Balaban J connectivity index is 2.10. The van der Waals surface area contributed by atoms with Crippen LogP contribution in [-0.4, -0.2) is 46.1 Å². The molecule has 118 valence electrons. The number of nitrogens with zero attached hydrogens (tertiary/aromatic N) is 1. The molecule has 1 fully saturated rings. The molecule has 2 rings (SSSR count). The molecule has 21 heavy (non-hydrogen) atoms. The van der Waals surface area contributed by atoms with E-state index in [1.165, 1.54) is 26.3 Å². The summed E-state index contributed by atoms with van der Waals surface area (Å²) in [5, 5.41) is 3.27. The zero-order valence-corrected chi connectivity index (χ0v) is 13.1. The molecule has 0 spiro atoms. The molecule has 1 aliphatic carbocycles. The molecule has 0 saturated heterocycles. The summed E-state index contributed by atoms with van der Waals surface area (Å²) < 4.78 is 44.6. The number of rotatable bonds is 8. The lowest BCUT2D eigenvalue weighted by molar-refractivity contribution is 0.185. The average molecular weight is 316 g/mol. The Morgan fingerprint density at radius 1 is 1.43 bits per heavy atom. The van der Waals surface area contributed by atoms with Crippen LogP contribution < -0.4 is 5.32 Å². The third kappa shape index (κ3) is 4.23. The Labute approximate surface area is 125 Å². The van der Waals surface area contributed by atoms with Crippen molar-refractivity contribution in [1.29, 1.82) is 0 Å². The van der Waals surface area contributed by atoms with Crippen molar-refractivity contribution in [2.45, 2.75) is 30.3 Å². The SMILES string of the molecule is COCCN(C)S(=O)(=O)c1ccc(CNC2CC2)cc1F. The second-order valence-corrected chi connectivity index (χ2v) is 7.25. The molecular formula is C14H21FN2O3S. The molecule has 0 aliphatic heterocycles. The lowest BCUT2D eigenvalue weighted by Crippen LogP contribution is -2.30. The van der Waals surface area contributed by atoms with Crippen molar-refractivity contribution in [2.24, 2.45) is 0 Å². The molecule has 0 aromatic heterocycles. The van der Waals surface area contributed by atoms with Gasteiger partial charge in [0.1, 0.15) is 10.7 Å². The van der Waals surface area contributed by atoms with Gasteiger partial charge in [-0.3, -0.25) is 0 Å². The van der Waals surface area contributed by atoms with Crippen LogP contribution in [0.3, 0.4) is 0 Å². The summed E-state index contributed by atoms with van der Waals surface area (Å²) in [4.78, 5) is -0.295. The van der Waals surface area contributed by atoms with Gasteiger partial charge in [-0.05, 0) is 30.5 Å². The maximum absolute atomic E-state index is 14.1. The summed E-state index contributed by atoms with van der Waals surface area (Å²) in [7, 11) is -0.918. The van der Waals surface area contributed by atoms with E-state index in [-0.39, 0.29) is 18.0 Å². The van der Waals surface area contributed by atoms with Crippen LogP contribution >= 0.6 is 0 Å². The number of nitrogens with one attached hydrogen (secondary N) is 1. The fourth-order valence-electron chi connectivity index (χ4n) is 1.92. The highest BCUT2D eigenvalue weighted by Crippen LogP contribution is 2.22. The molecule has 7 heteroatoms. The normalized spacial score (nSPS) is 15.6. The Hall–Kier alpha value is -1.02. The molecule has 1 N–H and O–H groups in total. The van der Waals surface area contributed by atoms with Crippen molar-refractivity contribution in [1.82, 2.24) is 9.62 Å². The van der Waals surface area contributed by atoms with Gasteiger partial charge in [0.2, 0.25) is 10.0 Å². The van der Waals surface area contributed by atoms with Crippen LogP contribution in [0.15, 0.2) is 23.1 Å². The van der Waals surface area contributed by atoms with Crippen molar-refractivity contribution in [3.63, 3.8) is 0 Å². The molecule has 1 aromatic rings. The van der Waals surface area contributed by atoms with Crippen LogP contribution in [0.1, 0.15) is 18.4 Å². The third-order valence-corrected chi connectivity index (χ3v) is 5.36. The highest BCUT2D eigenvalue weighted by atomic mass is 32.2. The van der Waals surface area contributed by atoms with Gasteiger partial charge in [0.25, 0.3) is 0 Å². The van der Waals surface area contributed by atoms with Gasteiger partial charge in [-0.1, -0.05) is 6.07 Å². The van der Waals surface area contributed by atoms with E-state index >= 15 is 0 Å². The van der Waals surface area contributed by atoms with Gasteiger partial charge in [0.15, 0.2) is 0 Å². The summed E-state index contributed by atoms with van der Waals surface area (Å²) >= 11 is 0. The molecule has 1 saturated carbocycles. The van der Waals surface area contributed by atoms with E-state index in [4.69, 9.17) is 4.74 Å². The molecule has 0 unspecified atom stereocenters. The number of hydrogen-bond donors (Lipinski definition) is 1. The minimum Gasteiger partial charge on any atom is -0.383 e. The van der Waals surface area contributed by atoms with Gasteiger partial charge in [-0.15, -0.1) is 0 Å². The molecule has 0 atom stereocenters. The third-order valence-electron chi connectivity index (χ3n) is 3.47. The zero-order valence-electron chi connectivity index (χ0n) is 12.3. The second kappa shape index (κ2) is 6.83. The number of halogens is 1.